The van der Waals surface area contributed by atoms with E-state index in [4.69, 9.17) is 0 Å². The summed E-state index contributed by atoms with van der Waals surface area (Å²) in [7, 11) is 0. The molecular formula is C18H23N5OS. The van der Waals surface area contributed by atoms with Gasteiger partial charge in [-0.3, -0.25) is 14.8 Å². The third kappa shape index (κ3) is 6.11. The van der Waals surface area contributed by atoms with Crippen molar-refractivity contribution in [3.8, 4) is 0 Å². The van der Waals surface area contributed by atoms with Crippen LogP contribution in [0.4, 0.5) is 0 Å². The Kier molecular flexibility index (Phi) is 6.82. The second-order valence-electron chi connectivity index (χ2n) is 5.74. The Morgan fingerprint density at radius 3 is 3.08 bits per heavy atom. The fraction of sp³-hybridized carbons (Fsp3) is 0.333. The summed E-state index contributed by atoms with van der Waals surface area (Å²) in [6, 6.07) is -0.112. The molecule has 2 unspecified atom stereocenters. The first kappa shape index (κ1) is 18.8. The van der Waals surface area contributed by atoms with Gasteiger partial charge in [0.2, 0.25) is 5.91 Å². The minimum Gasteiger partial charge on any atom is -0.349 e. The molecule has 0 fully saturated rings. The molecule has 0 aliphatic carbocycles. The zero-order valence-electron chi connectivity index (χ0n) is 14.7. The highest BCUT2D eigenvalue weighted by atomic mass is 32.1. The lowest BCUT2D eigenvalue weighted by molar-refractivity contribution is -0.120. The van der Waals surface area contributed by atoms with Crippen molar-refractivity contribution < 1.29 is 4.79 Å². The Morgan fingerprint density at radius 1 is 1.60 bits per heavy atom. The second-order valence-corrected chi connectivity index (χ2v) is 6.45. The van der Waals surface area contributed by atoms with Gasteiger partial charge in [0.05, 0.1) is 17.5 Å². The van der Waals surface area contributed by atoms with E-state index in [0.717, 1.165) is 17.0 Å². The van der Waals surface area contributed by atoms with Crippen molar-refractivity contribution in [1.82, 2.24) is 15.2 Å². The van der Waals surface area contributed by atoms with E-state index in [0.29, 0.717) is 0 Å². The highest BCUT2D eigenvalue weighted by Crippen LogP contribution is 2.13. The average molecular weight is 357 g/mol. The third-order valence-corrected chi connectivity index (χ3v) is 4.08. The Balaban J connectivity index is 1.75. The average Bonchev–Trinajstić information content (AvgIpc) is 3.09. The van der Waals surface area contributed by atoms with E-state index in [1.165, 1.54) is 11.3 Å². The van der Waals surface area contributed by atoms with Crippen molar-refractivity contribution in [3.05, 3.63) is 47.6 Å². The van der Waals surface area contributed by atoms with Crippen LogP contribution in [0.2, 0.25) is 0 Å². The van der Waals surface area contributed by atoms with Crippen LogP contribution >= 0.6 is 11.3 Å². The number of hydrogen-bond acceptors (Lipinski definition) is 5. The van der Waals surface area contributed by atoms with Crippen molar-refractivity contribution in [2.45, 2.75) is 33.0 Å². The largest absolute Gasteiger partial charge is 0.349 e. The van der Waals surface area contributed by atoms with Gasteiger partial charge >= 0.3 is 0 Å². The van der Waals surface area contributed by atoms with Crippen LogP contribution < -0.4 is 5.32 Å². The molecule has 1 aromatic rings. The minimum atomic E-state index is -0.138. The summed E-state index contributed by atoms with van der Waals surface area (Å²) >= 11 is 1.53. The fourth-order valence-corrected chi connectivity index (χ4v) is 2.72. The number of rotatable bonds is 7. The highest BCUT2D eigenvalue weighted by molar-refractivity contribution is 7.07. The standard InChI is InChI=1S/C18H23N5OS/c1-13(17-10-25-12-20-17)5-6-14(2)22-18(24)9-19-11-23-8-7-15(3)21-16(23)4/h5-8,10-12,14,16H,1,9H2,2-4H3,(H,22,24)/b6-5-,19-11-. The number of carbonyl (C=O) groups is 1. The summed E-state index contributed by atoms with van der Waals surface area (Å²) in [5, 5.41) is 4.81. The molecule has 2 heterocycles. The molecule has 1 aliphatic heterocycles. The molecule has 1 aliphatic rings. The molecule has 0 saturated carbocycles. The minimum absolute atomic E-state index is 0.00426. The van der Waals surface area contributed by atoms with Gasteiger partial charge in [-0.2, -0.15) is 0 Å². The first-order valence-corrected chi connectivity index (χ1v) is 8.95. The summed E-state index contributed by atoms with van der Waals surface area (Å²) in [4.78, 5) is 26.6. The van der Waals surface area contributed by atoms with Crippen molar-refractivity contribution in [3.63, 3.8) is 0 Å². The number of allylic oxidation sites excluding steroid dienone is 3. The fourth-order valence-electron chi connectivity index (χ4n) is 2.14. The molecule has 0 aromatic carbocycles. The summed E-state index contributed by atoms with van der Waals surface area (Å²) < 4.78 is 0. The van der Waals surface area contributed by atoms with Gasteiger partial charge in [0.15, 0.2) is 0 Å². The number of nitrogens with one attached hydrogen (secondary N) is 1. The number of nitrogens with zero attached hydrogens (tertiary/aromatic N) is 4. The first-order chi connectivity index (χ1) is 12.0. The number of carbonyl (C=O) groups excluding carboxylic acids is 1. The van der Waals surface area contributed by atoms with Gasteiger partial charge in [-0.1, -0.05) is 18.7 Å². The lowest BCUT2D eigenvalue weighted by Gasteiger charge is -2.23. The van der Waals surface area contributed by atoms with Gasteiger partial charge < -0.3 is 10.2 Å². The van der Waals surface area contributed by atoms with Crippen molar-refractivity contribution >= 4 is 34.9 Å². The van der Waals surface area contributed by atoms with E-state index in [1.807, 2.05) is 55.5 Å². The van der Waals surface area contributed by atoms with Gasteiger partial charge in [-0.25, -0.2) is 4.98 Å². The van der Waals surface area contributed by atoms with Gasteiger partial charge in [-0.05, 0) is 32.4 Å². The smallest absolute Gasteiger partial charge is 0.242 e. The summed E-state index contributed by atoms with van der Waals surface area (Å²) in [5.74, 6) is -0.138. The quantitative estimate of drug-likeness (QED) is 0.463. The van der Waals surface area contributed by atoms with Gasteiger partial charge in [-0.15, -0.1) is 11.3 Å². The number of thiazole rings is 1. The van der Waals surface area contributed by atoms with Crippen LogP contribution in [-0.2, 0) is 4.79 Å². The lowest BCUT2D eigenvalue weighted by atomic mass is 10.2. The van der Waals surface area contributed by atoms with Crippen LogP contribution in [0.3, 0.4) is 0 Å². The predicted octanol–water partition coefficient (Wildman–Crippen LogP) is 2.88. The molecule has 2 atom stereocenters. The van der Waals surface area contributed by atoms with Crippen LogP contribution in [0.1, 0.15) is 26.5 Å². The summed E-state index contributed by atoms with van der Waals surface area (Å²) in [6.07, 6.45) is 9.20. The van der Waals surface area contributed by atoms with Crippen molar-refractivity contribution in [1.29, 1.82) is 0 Å². The van der Waals surface area contributed by atoms with E-state index in [9.17, 15) is 4.79 Å². The number of hydrogen-bond donors (Lipinski definition) is 1. The molecule has 1 amide bonds. The van der Waals surface area contributed by atoms with Crippen LogP contribution in [0.25, 0.3) is 5.57 Å². The molecule has 6 nitrogen and oxygen atoms in total. The molecule has 1 N–H and O–H groups in total. The molecule has 0 spiro atoms. The third-order valence-electron chi connectivity index (χ3n) is 3.50. The molecule has 0 bridgehead atoms. The van der Waals surface area contributed by atoms with Crippen LogP contribution in [-0.4, -0.2) is 46.6 Å². The molecule has 7 heteroatoms. The molecule has 2 rings (SSSR count). The summed E-state index contributed by atoms with van der Waals surface area (Å²) in [5.41, 5.74) is 4.42. The number of aliphatic imine (C=N–C) groups is 2. The molecule has 0 saturated heterocycles. The molecular weight excluding hydrogens is 334 g/mol. The zero-order chi connectivity index (χ0) is 18.2. The lowest BCUT2D eigenvalue weighted by Crippen LogP contribution is -2.33. The second kappa shape index (κ2) is 9.08. The topological polar surface area (TPSA) is 70.0 Å². The molecule has 25 heavy (non-hydrogen) atoms. The Hall–Kier alpha value is -2.54. The molecule has 1 aromatic heterocycles. The summed E-state index contributed by atoms with van der Waals surface area (Å²) in [6.45, 7) is 9.86. The van der Waals surface area contributed by atoms with E-state index in [-0.39, 0.29) is 24.7 Å². The van der Waals surface area contributed by atoms with Crippen molar-refractivity contribution in [2.75, 3.05) is 6.54 Å². The van der Waals surface area contributed by atoms with Gasteiger partial charge in [0.1, 0.15) is 12.7 Å². The normalized spacial score (nSPS) is 18.6. The van der Waals surface area contributed by atoms with E-state index >= 15 is 0 Å². The highest BCUT2D eigenvalue weighted by Gasteiger charge is 2.10. The van der Waals surface area contributed by atoms with E-state index in [1.54, 1.807) is 11.8 Å². The number of aromatic nitrogens is 1. The van der Waals surface area contributed by atoms with Crippen LogP contribution in [0.15, 0.2) is 51.9 Å². The molecule has 0 radical (unpaired) electrons. The van der Waals surface area contributed by atoms with E-state index < -0.39 is 0 Å². The monoisotopic (exact) mass is 357 g/mol. The maximum atomic E-state index is 11.9. The van der Waals surface area contributed by atoms with E-state index in [2.05, 4.69) is 26.9 Å². The maximum absolute atomic E-state index is 11.9. The van der Waals surface area contributed by atoms with Gasteiger partial charge in [0, 0.05) is 23.3 Å². The Bertz CT molecular complexity index is 718. The van der Waals surface area contributed by atoms with Gasteiger partial charge in [0.25, 0.3) is 0 Å². The first-order valence-electron chi connectivity index (χ1n) is 8.00. The van der Waals surface area contributed by atoms with Crippen LogP contribution in [0, 0.1) is 0 Å². The SMILES string of the molecule is C=C(/C=C\C(C)NC(=O)C/N=C\N1C=CC(C)=NC1C)c1cscn1. The van der Waals surface area contributed by atoms with Crippen LogP contribution in [0.5, 0.6) is 0 Å². The Labute approximate surface area is 152 Å². The maximum Gasteiger partial charge on any atom is 0.242 e. The zero-order valence-corrected chi connectivity index (χ0v) is 15.5. The number of amides is 1. The predicted molar refractivity (Wildman–Crippen MR) is 105 cm³/mol. The Morgan fingerprint density at radius 2 is 2.40 bits per heavy atom. The molecule has 132 valence electrons. The van der Waals surface area contributed by atoms with Crippen molar-refractivity contribution in [2.24, 2.45) is 9.98 Å².